The molecule has 0 aliphatic heterocycles. The molecule has 1 amide bonds. The molecule has 0 saturated carbocycles. The predicted molar refractivity (Wildman–Crippen MR) is 85.9 cm³/mol. The zero-order valence-corrected chi connectivity index (χ0v) is 13.4. The molecule has 0 spiro atoms. The fourth-order valence-corrected chi connectivity index (χ4v) is 2.21. The standard InChI is InChI=1S/C16H26N2O3/c1-5-7-8-11(6-2)16(19)18-13-10-15(21-4)14(20-3)9-12(13)17/h9-11H,5-8,17H2,1-4H3,(H,18,19). The highest BCUT2D eigenvalue weighted by Gasteiger charge is 2.18. The van der Waals surface area contributed by atoms with Gasteiger partial charge in [-0.25, -0.2) is 0 Å². The highest BCUT2D eigenvalue weighted by molar-refractivity contribution is 5.96. The van der Waals surface area contributed by atoms with Gasteiger partial charge in [-0.05, 0) is 12.8 Å². The molecule has 3 N–H and O–H groups in total. The fraction of sp³-hybridized carbons (Fsp3) is 0.562. The summed E-state index contributed by atoms with van der Waals surface area (Å²) < 4.78 is 10.4. The lowest BCUT2D eigenvalue weighted by molar-refractivity contribution is -0.120. The second kappa shape index (κ2) is 8.39. The van der Waals surface area contributed by atoms with Crippen molar-refractivity contribution in [2.24, 2.45) is 5.92 Å². The van der Waals surface area contributed by atoms with Crippen molar-refractivity contribution in [2.45, 2.75) is 39.5 Å². The third-order valence-corrected chi connectivity index (χ3v) is 3.58. The summed E-state index contributed by atoms with van der Waals surface area (Å²) in [5, 5.41) is 2.90. The summed E-state index contributed by atoms with van der Waals surface area (Å²) in [6.07, 6.45) is 3.85. The average molecular weight is 294 g/mol. The number of hydrogen-bond acceptors (Lipinski definition) is 4. The third-order valence-electron chi connectivity index (χ3n) is 3.58. The van der Waals surface area contributed by atoms with Crippen LogP contribution in [0, 0.1) is 5.92 Å². The number of benzene rings is 1. The summed E-state index contributed by atoms with van der Waals surface area (Å²) in [4.78, 5) is 12.3. The van der Waals surface area contributed by atoms with Crippen molar-refractivity contribution in [1.82, 2.24) is 0 Å². The average Bonchev–Trinajstić information content (AvgIpc) is 2.49. The molecule has 0 fully saturated rings. The third kappa shape index (κ3) is 4.55. The Labute approximate surface area is 126 Å². The van der Waals surface area contributed by atoms with Crippen molar-refractivity contribution in [3.63, 3.8) is 0 Å². The molecule has 0 aliphatic carbocycles. The molecular formula is C16H26N2O3. The maximum absolute atomic E-state index is 12.3. The molecule has 0 aliphatic rings. The smallest absolute Gasteiger partial charge is 0.227 e. The number of rotatable bonds is 8. The molecule has 1 rings (SSSR count). The number of ether oxygens (including phenoxy) is 2. The largest absolute Gasteiger partial charge is 0.493 e. The number of unbranched alkanes of at least 4 members (excludes halogenated alkanes) is 1. The first-order valence-corrected chi connectivity index (χ1v) is 7.39. The highest BCUT2D eigenvalue weighted by atomic mass is 16.5. The van der Waals surface area contributed by atoms with Crippen LogP contribution in [0.25, 0.3) is 0 Å². The van der Waals surface area contributed by atoms with E-state index in [1.807, 2.05) is 6.92 Å². The molecule has 1 unspecified atom stereocenters. The van der Waals surface area contributed by atoms with E-state index in [0.717, 1.165) is 25.7 Å². The second-order valence-electron chi connectivity index (χ2n) is 5.03. The predicted octanol–water partition coefficient (Wildman–Crippen LogP) is 3.44. The van der Waals surface area contributed by atoms with E-state index in [1.165, 1.54) is 0 Å². The van der Waals surface area contributed by atoms with Gasteiger partial charge in [-0.2, -0.15) is 0 Å². The van der Waals surface area contributed by atoms with Gasteiger partial charge in [-0.3, -0.25) is 4.79 Å². The van der Waals surface area contributed by atoms with Crippen LogP contribution >= 0.6 is 0 Å². The van der Waals surface area contributed by atoms with Crippen molar-refractivity contribution in [1.29, 1.82) is 0 Å². The van der Waals surface area contributed by atoms with Gasteiger partial charge in [-0.15, -0.1) is 0 Å². The first-order chi connectivity index (χ1) is 10.1. The first kappa shape index (κ1) is 17.1. The second-order valence-corrected chi connectivity index (χ2v) is 5.03. The van der Waals surface area contributed by atoms with E-state index in [1.54, 1.807) is 26.4 Å². The molecule has 5 nitrogen and oxygen atoms in total. The maximum Gasteiger partial charge on any atom is 0.227 e. The van der Waals surface area contributed by atoms with Crippen molar-refractivity contribution in [2.75, 3.05) is 25.3 Å². The van der Waals surface area contributed by atoms with Gasteiger partial charge in [0, 0.05) is 18.1 Å². The Kier molecular flexibility index (Phi) is 6.85. The number of nitrogens with two attached hydrogens (primary N) is 1. The lowest BCUT2D eigenvalue weighted by atomic mass is 9.98. The van der Waals surface area contributed by atoms with Crippen LogP contribution in [-0.4, -0.2) is 20.1 Å². The Balaban J connectivity index is 2.88. The van der Waals surface area contributed by atoms with Crippen molar-refractivity contribution in [3.8, 4) is 11.5 Å². The summed E-state index contributed by atoms with van der Waals surface area (Å²) >= 11 is 0. The number of nitrogen functional groups attached to an aromatic ring is 1. The van der Waals surface area contributed by atoms with Crippen LogP contribution in [0.1, 0.15) is 39.5 Å². The van der Waals surface area contributed by atoms with E-state index in [-0.39, 0.29) is 11.8 Å². The molecule has 0 radical (unpaired) electrons. The van der Waals surface area contributed by atoms with Crippen LogP contribution in [-0.2, 0) is 4.79 Å². The van der Waals surface area contributed by atoms with Crippen LogP contribution in [0.4, 0.5) is 11.4 Å². The van der Waals surface area contributed by atoms with E-state index >= 15 is 0 Å². The van der Waals surface area contributed by atoms with E-state index in [4.69, 9.17) is 15.2 Å². The monoisotopic (exact) mass is 294 g/mol. The van der Waals surface area contributed by atoms with Crippen LogP contribution in [0.15, 0.2) is 12.1 Å². The number of methoxy groups -OCH3 is 2. The number of amides is 1. The van der Waals surface area contributed by atoms with E-state index < -0.39 is 0 Å². The van der Waals surface area contributed by atoms with Gasteiger partial charge in [-0.1, -0.05) is 26.7 Å². The molecule has 1 aromatic rings. The summed E-state index contributed by atoms with van der Waals surface area (Å²) in [6.45, 7) is 4.15. The van der Waals surface area contributed by atoms with E-state index in [9.17, 15) is 4.79 Å². The first-order valence-electron chi connectivity index (χ1n) is 7.39. The molecule has 118 valence electrons. The zero-order chi connectivity index (χ0) is 15.8. The fourth-order valence-electron chi connectivity index (χ4n) is 2.21. The van der Waals surface area contributed by atoms with Gasteiger partial charge in [0.15, 0.2) is 11.5 Å². The van der Waals surface area contributed by atoms with Crippen molar-refractivity contribution < 1.29 is 14.3 Å². The van der Waals surface area contributed by atoms with Crippen molar-refractivity contribution in [3.05, 3.63) is 12.1 Å². The summed E-state index contributed by atoms with van der Waals surface area (Å²) in [6, 6.07) is 3.35. The Morgan fingerprint density at radius 3 is 2.38 bits per heavy atom. The van der Waals surface area contributed by atoms with Crippen LogP contribution in [0.5, 0.6) is 11.5 Å². The van der Waals surface area contributed by atoms with Crippen LogP contribution in [0.3, 0.4) is 0 Å². The molecular weight excluding hydrogens is 268 g/mol. The van der Waals surface area contributed by atoms with Gasteiger partial charge in [0.1, 0.15) is 0 Å². The van der Waals surface area contributed by atoms with Crippen molar-refractivity contribution >= 4 is 17.3 Å². The normalized spacial score (nSPS) is 11.8. The number of hydrogen-bond donors (Lipinski definition) is 2. The minimum atomic E-state index is 0.00451. The number of anilines is 2. The minimum absolute atomic E-state index is 0.00451. The van der Waals surface area contributed by atoms with E-state index in [0.29, 0.717) is 22.9 Å². The number of carbonyl (C=O) groups excluding carboxylic acids is 1. The lowest BCUT2D eigenvalue weighted by Gasteiger charge is -2.17. The van der Waals surface area contributed by atoms with Gasteiger partial charge < -0.3 is 20.5 Å². The molecule has 0 saturated heterocycles. The molecule has 5 heteroatoms. The molecule has 21 heavy (non-hydrogen) atoms. The van der Waals surface area contributed by atoms with Crippen LogP contribution < -0.4 is 20.5 Å². The summed E-state index contributed by atoms with van der Waals surface area (Å²) in [5.74, 6) is 1.11. The van der Waals surface area contributed by atoms with Gasteiger partial charge in [0.05, 0.1) is 25.6 Å². The highest BCUT2D eigenvalue weighted by Crippen LogP contribution is 2.35. The van der Waals surface area contributed by atoms with Crippen LogP contribution in [0.2, 0.25) is 0 Å². The lowest BCUT2D eigenvalue weighted by Crippen LogP contribution is -2.23. The Hall–Kier alpha value is -1.91. The molecule has 1 aromatic carbocycles. The maximum atomic E-state index is 12.3. The summed E-state index contributed by atoms with van der Waals surface area (Å²) in [5.41, 5.74) is 6.99. The van der Waals surface area contributed by atoms with E-state index in [2.05, 4.69) is 12.2 Å². The summed E-state index contributed by atoms with van der Waals surface area (Å²) in [7, 11) is 3.10. The quantitative estimate of drug-likeness (QED) is 0.720. The Morgan fingerprint density at radius 2 is 1.86 bits per heavy atom. The molecule has 1 atom stereocenters. The van der Waals surface area contributed by atoms with Gasteiger partial charge in [0.2, 0.25) is 5.91 Å². The van der Waals surface area contributed by atoms with Gasteiger partial charge >= 0.3 is 0 Å². The molecule has 0 aromatic heterocycles. The number of carbonyl (C=O) groups is 1. The topological polar surface area (TPSA) is 73.6 Å². The zero-order valence-electron chi connectivity index (χ0n) is 13.4. The molecule has 0 heterocycles. The SMILES string of the molecule is CCCCC(CC)C(=O)Nc1cc(OC)c(OC)cc1N. The Morgan fingerprint density at radius 1 is 1.24 bits per heavy atom. The minimum Gasteiger partial charge on any atom is -0.493 e. The van der Waals surface area contributed by atoms with Gasteiger partial charge in [0.25, 0.3) is 0 Å². The Bertz CT molecular complexity index is 475. The molecule has 0 bridgehead atoms. The number of nitrogens with one attached hydrogen (secondary N) is 1.